The molecule has 1 aliphatic rings. The molecule has 0 saturated carbocycles. The molecule has 4 rings (SSSR count). The highest BCUT2D eigenvalue weighted by Gasteiger charge is 2.46. The molecule has 3 amide bonds. The standard InChI is InChI=1S/C26H19ClN4O5/c1-16(18-5-3-2-4-6-18)29(25(33)19-9-12-21(27)22(13-19)31(35)36)23-14-24(32)30(26(23)34)20-10-7-17(15-28)8-11-20/h2-13,16,23H,14H2,1H3. The van der Waals surface area contributed by atoms with Crippen LogP contribution in [-0.4, -0.2) is 33.6 Å². The summed E-state index contributed by atoms with van der Waals surface area (Å²) >= 11 is 5.92. The summed E-state index contributed by atoms with van der Waals surface area (Å²) in [7, 11) is 0. The Morgan fingerprint density at radius 2 is 1.81 bits per heavy atom. The van der Waals surface area contributed by atoms with Crippen LogP contribution in [0.3, 0.4) is 0 Å². The zero-order valence-corrected chi connectivity index (χ0v) is 19.8. The Morgan fingerprint density at radius 1 is 1.14 bits per heavy atom. The largest absolute Gasteiger partial charge is 0.319 e. The molecule has 0 aromatic heterocycles. The van der Waals surface area contributed by atoms with Gasteiger partial charge in [-0.05, 0) is 48.9 Å². The molecular weight excluding hydrogens is 484 g/mol. The minimum Gasteiger partial charge on any atom is -0.319 e. The van der Waals surface area contributed by atoms with Gasteiger partial charge >= 0.3 is 0 Å². The molecule has 0 radical (unpaired) electrons. The van der Waals surface area contributed by atoms with Gasteiger partial charge < -0.3 is 4.90 Å². The number of imide groups is 1. The number of nitriles is 1. The highest BCUT2D eigenvalue weighted by Crippen LogP contribution is 2.34. The average Bonchev–Trinajstić information content (AvgIpc) is 3.17. The van der Waals surface area contributed by atoms with Crippen LogP contribution >= 0.6 is 11.6 Å². The molecule has 0 aliphatic carbocycles. The van der Waals surface area contributed by atoms with E-state index in [0.29, 0.717) is 11.1 Å². The predicted octanol–water partition coefficient (Wildman–Crippen LogP) is 4.66. The van der Waals surface area contributed by atoms with Crippen molar-refractivity contribution in [2.24, 2.45) is 0 Å². The van der Waals surface area contributed by atoms with Crippen molar-refractivity contribution in [3.63, 3.8) is 0 Å². The van der Waals surface area contributed by atoms with Gasteiger partial charge in [0.05, 0.1) is 34.7 Å². The minimum absolute atomic E-state index is 0.0362. The van der Waals surface area contributed by atoms with Crippen LogP contribution in [0.5, 0.6) is 0 Å². The summed E-state index contributed by atoms with van der Waals surface area (Å²) in [6, 6.07) is 18.8. The maximum absolute atomic E-state index is 13.8. The molecule has 9 nitrogen and oxygen atoms in total. The highest BCUT2D eigenvalue weighted by molar-refractivity contribution is 6.32. The first-order valence-electron chi connectivity index (χ1n) is 10.9. The Kier molecular flexibility index (Phi) is 6.81. The van der Waals surface area contributed by atoms with Crippen molar-refractivity contribution >= 4 is 40.7 Å². The van der Waals surface area contributed by atoms with Crippen LogP contribution in [0.2, 0.25) is 5.02 Å². The van der Waals surface area contributed by atoms with E-state index in [9.17, 15) is 24.5 Å². The Hall–Kier alpha value is -4.55. The van der Waals surface area contributed by atoms with Crippen LogP contribution in [0.15, 0.2) is 72.8 Å². The monoisotopic (exact) mass is 502 g/mol. The Labute approximate surface area is 211 Å². The first kappa shape index (κ1) is 24.6. The first-order valence-corrected chi connectivity index (χ1v) is 11.3. The number of carbonyl (C=O) groups is 3. The van der Waals surface area contributed by atoms with Gasteiger partial charge in [0.1, 0.15) is 11.1 Å². The first-order chi connectivity index (χ1) is 17.2. The average molecular weight is 503 g/mol. The predicted molar refractivity (Wildman–Crippen MR) is 131 cm³/mol. The van der Waals surface area contributed by atoms with E-state index in [-0.39, 0.29) is 22.7 Å². The van der Waals surface area contributed by atoms with Crippen molar-refractivity contribution in [2.45, 2.75) is 25.4 Å². The molecule has 1 heterocycles. The van der Waals surface area contributed by atoms with E-state index in [0.717, 1.165) is 11.0 Å². The van der Waals surface area contributed by atoms with Gasteiger partial charge in [0, 0.05) is 11.6 Å². The molecule has 2 atom stereocenters. The van der Waals surface area contributed by atoms with E-state index in [2.05, 4.69) is 0 Å². The zero-order valence-electron chi connectivity index (χ0n) is 19.0. The SMILES string of the molecule is CC(c1ccccc1)N(C(=O)c1ccc(Cl)c([N+](=O)[O-])c1)C1CC(=O)N(c2ccc(C#N)cc2)C1=O. The Balaban J connectivity index is 1.76. The second-order valence-corrected chi connectivity index (χ2v) is 8.58. The van der Waals surface area contributed by atoms with Gasteiger partial charge in [-0.3, -0.25) is 24.5 Å². The number of nitro benzene ring substituents is 1. The molecule has 36 heavy (non-hydrogen) atoms. The summed E-state index contributed by atoms with van der Waals surface area (Å²) in [6.07, 6.45) is -0.266. The van der Waals surface area contributed by atoms with E-state index < -0.39 is 40.4 Å². The number of carbonyl (C=O) groups excluding carboxylic acids is 3. The topological polar surface area (TPSA) is 125 Å². The normalized spacial score (nSPS) is 15.9. The third kappa shape index (κ3) is 4.54. The third-order valence-electron chi connectivity index (χ3n) is 6.04. The van der Waals surface area contributed by atoms with Crippen molar-refractivity contribution in [1.29, 1.82) is 5.26 Å². The molecule has 0 spiro atoms. The van der Waals surface area contributed by atoms with Crippen LogP contribution in [0.4, 0.5) is 11.4 Å². The summed E-state index contributed by atoms with van der Waals surface area (Å²) in [5, 5.41) is 20.3. The lowest BCUT2D eigenvalue weighted by atomic mass is 10.0. The van der Waals surface area contributed by atoms with Gasteiger partial charge in [0.15, 0.2) is 0 Å². The molecule has 10 heteroatoms. The van der Waals surface area contributed by atoms with Crippen molar-refractivity contribution in [1.82, 2.24) is 4.90 Å². The molecule has 0 N–H and O–H groups in total. The summed E-state index contributed by atoms with van der Waals surface area (Å²) in [6.45, 7) is 1.72. The van der Waals surface area contributed by atoms with Crippen molar-refractivity contribution < 1.29 is 19.3 Å². The van der Waals surface area contributed by atoms with Crippen LogP contribution in [-0.2, 0) is 9.59 Å². The molecule has 1 fully saturated rings. The van der Waals surface area contributed by atoms with Gasteiger partial charge in [0.2, 0.25) is 5.91 Å². The molecule has 1 saturated heterocycles. The molecule has 2 unspecified atom stereocenters. The smallest absolute Gasteiger partial charge is 0.288 e. The van der Waals surface area contributed by atoms with Gasteiger partial charge in [-0.15, -0.1) is 0 Å². The van der Waals surface area contributed by atoms with Crippen molar-refractivity contribution in [3.05, 3.63) is 105 Å². The number of hydrogen-bond donors (Lipinski definition) is 0. The van der Waals surface area contributed by atoms with Gasteiger partial charge in [-0.1, -0.05) is 41.9 Å². The van der Waals surface area contributed by atoms with Crippen LogP contribution in [0, 0.1) is 21.4 Å². The summed E-state index contributed by atoms with van der Waals surface area (Å²) in [5.74, 6) is -1.77. The minimum atomic E-state index is -1.15. The lowest BCUT2D eigenvalue weighted by Gasteiger charge is -2.33. The summed E-state index contributed by atoms with van der Waals surface area (Å²) < 4.78 is 0. The highest BCUT2D eigenvalue weighted by atomic mass is 35.5. The second kappa shape index (κ2) is 9.98. The number of benzene rings is 3. The summed E-state index contributed by atoms with van der Waals surface area (Å²) in [5.41, 5.74) is 0.891. The molecule has 3 aromatic carbocycles. The fourth-order valence-electron chi connectivity index (χ4n) is 4.20. The molecule has 180 valence electrons. The lowest BCUT2D eigenvalue weighted by Crippen LogP contribution is -2.46. The second-order valence-electron chi connectivity index (χ2n) is 8.17. The van der Waals surface area contributed by atoms with E-state index >= 15 is 0 Å². The van der Waals surface area contributed by atoms with Crippen molar-refractivity contribution in [2.75, 3.05) is 4.90 Å². The number of halogens is 1. The molecule has 3 aromatic rings. The fourth-order valence-corrected chi connectivity index (χ4v) is 4.39. The van der Waals surface area contributed by atoms with Gasteiger partial charge in [0.25, 0.3) is 17.5 Å². The molecular formula is C26H19ClN4O5. The third-order valence-corrected chi connectivity index (χ3v) is 6.36. The number of nitrogens with zero attached hydrogens (tertiary/aromatic N) is 4. The van der Waals surface area contributed by atoms with Crippen LogP contribution < -0.4 is 4.90 Å². The number of rotatable bonds is 6. The fraction of sp³-hybridized carbons (Fsp3) is 0.154. The van der Waals surface area contributed by atoms with Gasteiger partial charge in [-0.25, -0.2) is 4.90 Å². The quantitative estimate of drug-likeness (QED) is 0.274. The summed E-state index contributed by atoms with van der Waals surface area (Å²) in [4.78, 5) is 53.2. The Morgan fingerprint density at radius 3 is 2.42 bits per heavy atom. The number of anilines is 1. The maximum Gasteiger partial charge on any atom is 0.288 e. The number of nitro groups is 1. The maximum atomic E-state index is 13.8. The van der Waals surface area contributed by atoms with E-state index in [1.807, 2.05) is 12.1 Å². The zero-order chi connectivity index (χ0) is 26.0. The number of hydrogen-bond acceptors (Lipinski definition) is 6. The van der Waals surface area contributed by atoms with Crippen LogP contribution in [0.1, 0.15) is 40.9 Å². The van der Waals surface area contributed by atoms with Gasteiger partial charge in [-0.2, -0.15) is 5.26 Å². The van der Waals surface area contributed by atoms with Crippen LogP contribution in [0.25, 0.3) is 0 Å². The van der Waals surface area contributed by atoms with E-state index in [1.165, 1.54) is 41.3 Å². The molecule has 0 bridgehead atoms. The van der Waals surface area contributed by atoms with Crippen molar-refractivity contribution in [3.8, 4) is 6.07 Å². The number of amides is 3. The molecule has 1 aliphatic heterocycles. The van der Waals surface area contributed by atoms with E-state index in [4.69, 9.17) is 16.9 Å². The van der Waals surface area contributed by atoms with E-state index in [1.54, 1.807) is 31.2 Å². The Bertz CT molecular complexity index is 1400. The lowest BCUT2D eigenvalue weighted by molar-refractivity contribution is -0.384.